The number of piperidine rings is 1. The summed E-state index contributed by atoms with van der Waals surface area (Å²) in [5.74, 6) is 1.12. The molecular weight excluding hydrogens is 307 g/mol. The molecule has 1 amide bonds. The number of terminal acetylenes is 1. The maximum atomic E-state index is 13.7. The van der Waals surface area contributed by atoms with Gasteiger partial charge in [-0.2, -0.15) is 4.31 Å². The zero-order valence-electron chi connectivity index (χ0n) is 12.0. The largest absolute Gasteiger partial charge is 0.345 e. The Balaban J connectivity index is 2.04. The van der Waals surface area contributed by atoms with E-state index in [1.165, 1.54) is 22.5 Å². The molecule has 0 bridgehead atoms. The third-order valence-electron chi connectivity index (χ3n) is 3.64. The van der Waals surface area contributed by atoms with Crippen molar-refractivity contribution < 1.29 is 17.6 Å². The first kappa shape index (κ1) is 16.5. The summed E-state index contributed by atoms with van der Waals surface area (Å²) in [5, 5.41) is 2.59. The lowest BCUT2D eigenvalue weighted by molar-refractivity contribution is -0.125. The Labute approximate surface area is 129 Å². The van der Waals surface area contributed by atoms with Gasteiger partial charge in [-0.1, -0.05) is 18.1 Å². The number of carbonyl (C=O) groups is 1. The highest BCUT2D eigenvalue weighted by Crippen LogP contribution is 2.25. The predicted molar refractivity (Wildman–Crippen MR) is 79.7 cm³/mol. The highest BCUT2D eigenvalue weighted by atomic mass is 32.2. The number of carbonyl (C=O) groups excluding carboxylic acids is 1. The second-order valence-corrected chi connectivity index (χ2v) is 6.94. The van der Waals surface area contributed by atoms with Gasteiger partial charge in [-0.15, -0.1) is 6.42 Å². The lowest BCUT2D eigenvalue weighted by atomic mass is 9.97. The van der Waals surface area contributed by atoms with E-state index in [0.29, 0.717) is 12.8 Å². The number of nitrogens with zero attached hydrogens (tertiary/aromatic N) is 1. The van der Waals surface area contributed by atoms with Crippen LogP contribution in [0.3, 0.4) is 0 Å². The van der Waals surface area contributed by atoms with E-state index in [2.05, 4.69) is 11.2 Å². The molecule has 5 nitrogen and oxygen atoms in total. The van der Waals surface area contributed by atoms with E-state index < -0.39 is 15.8 Å². The van der Waals surface area contributed by atoms with Gasteiger partial charge in [0.05, 0.1) is 6.54 Å². The second kappa shape index (κ2) is 6.90. The molecule has 1 saturated heterocycles. The van der Waals surface area contributed by atoms with E-state index in [4.69, 9.17) is 6.42 Å². The minimum atomic E-state index is -3.86. The summed E-state index contributed by atoms with van der Waals surface area (Å²) in [6.45, 7) is 0.530. The van der Waals surface area contributed by atoms with Gasteiger partial charge in [0.15, 0.2) is 0 Å². The van der Waals surface area contributed by atoms with Gasteiger partial charge in [0.1, 0.15) is 10.7 Å². The summed E-state index contributed by atoms with van der Waals surface area (Å²) in [5.41, 5.74) is 0. The van der Waals surface area contributed by atoms with Crippen LogP contribution in [-0.4, -0.2) is 38.3 Å². The molecular formula is C15H17FN2O3S. The quantitative estimate of drug-likeness (QED) is 0.840. The molecule has 1 aliphatic heterocycles. The minimum absolute atomic E-state index is 0.159. The standard InChI is InChI=1S/C15H17FN2O3S/c1-2-9-17-15(19)12-7-10-18(11-8-12)22(20,21)14-6-4-3-5-13(14)16/h1,3-6,12H,7-11H2,(H,17,19). The molecule has 22 heavy (non-hydrogen) atoms. The van der Waals surface area contributed by atoms with E-state index in [-0.39, 0.29) is 36.4 Å². The van der Waals surface area contributed by atoms with Gasteiger partial charge >= 0.3 is 0 Å². The van der Waals surface area contributed by atoms with Gasteiger partial charge in [0.25, 0.3) is 0 Å². The van der Waals surface area contributed by atoms with Crippen molar-refractivity contribution in [1.29, 1.82) is 0 Å². The normalized spacial score (nSPS) is 16.9. The molecule has 2 rings (SSSR count). The first-order valence-electron chi connectivity index (χ1n) is 6.92. The molecule has 0 atom stereocenters. The molecule has 0 spiro atoms. The van der Waals surface area contributed by atoms with Gasteiger partial charge < -0.3 is 5.32 Å². The predicted octanol–water partition coefficient (Wildman–Crippen LogP) is 0.976. The van der Waals surface area contributed by atoms with Crippen LogP contribution in [0.25, 0.3) is 0 Å². The van der Waals surface area contributed by atoms with E-state index in [1.807, 2.05) is 0 Å². The Morgan fingerprint density at radius 1 is 1.36 bits per heavy atom. The Kier molecular flexibility index (Phi) is 5.16. The highest BCUT2D eigenvalue weighted by Gasteiger charge is 2.33. The molecule has 0 saturated carbocycles. The first-order chi connectivity index (χ1) is 10.5. The fraction of sp³-hybridized carbons (Fsp3) is 0.400. The third kappa shape index (κ3) is 3.46. The minimum Gasteiger partial charge on any atom is -0.345 e. The van der Waals surface area contributed by atoms with Gasteiger partial charge in [0, 0.05) is 19.0 Å². The number of amides is 1. The smallest absolute Gasteiger partial charge is 0.245 e. The summed E-state index contributed by atoms with van der Waals surface area (Å²) in [4.78, 5) is 11.5. The van der Waals surface area contributed by atoms with Crippen molar-refractivity contribution in [3.63, 3.8) is 0 Å². The molecule has 1 aromatic carbocycles. The van der Waals surface area contributed by atoms with Crippen molar-refractivity contribution in [3.05, 3.63) is 30.1 Å². The summed E-state index contributed by atoms with van der Waals surface area (Å²) >= 11 is 0. The Bertz CT molecular complexity index is 689. The molecule has 0 aliphatic carbocycles. The van der Waals surface area contributed by atoms with Crippen molar-refractivity contribution in [2.75, 3.05) is 19.6 Å². The van der Waals surface area contributed by atoms with Crippen molar-refractivity contribution in [3.8, 4) is 12.3 Å². The summed E-state index contributed by atoms with van der Waals surface area (Å²) in [6.07, 6.45) is 5.86. The van der Waals surface area contributed by atoms with Crippen LogP contribution >= 0.6 is 0 Å². The zero-order chi connectivity index (χ0) is 16.2. The molecule has 0 unspecified atom stereocenters. The first-order valence-corrected chi connectivity index (χ1v) is 8.36. The van der Waals surface area contributed by atoms with Crippen LogP contribution in [0.5, 0.6) is 0 Å². The Hall–Kier alpha value is -1.91. The van der Waals surface area contributed by atoms with Crippen LogP contribution in [0.15, 0.2) is 29.2 Å². The van der Waals surface area contributed by atoms with Crippen LogP contribution < -0.4 is 5.32 Å². The molecule has 0 radical (unpaired) electrons. The number of rotatable bonds is 4. The Morgan fingerprint density at radius 2 is 2.00 bits per heavy atom. The number of halogens is 1. The van der Waals surface area contributed by atoms with Crippen molar-refractivity contribution in [1.82, 2.24) is 9.62 Å². The van der Waals surface area contributed by atoms with Gasteiger partial charge in [-0.3, -0.25) is 4.79 Å². The zero-order valence-corrected chi connectivity index (χ0v) is 12.8. The summed E-state index contributed by atoms with van der Waals surface area (Å²) in [6, 6.07) is 5.29. The average molecular weight is 324 g/mol. The molecule has 1 aliphatic rings. The number of hydrogen-bond acceptors (Lipinski definition) is 3. The monoisotopic (exact) mass is 324 g/mol. The topological polar surface area (TPSA) is 66.5 Å². The molecule has 1 aromatic rings. The van der Waals surface area contributed by atoms with Gasteiger partial charge in [-0.05, 0) is 25.0 Å². The van der Waals surface area contributed by atoms with Crippen LogP contribution in [-0.2, 0) is 14.8 Å². The van der Waals surface area contributed by atoms with E-state index in [1.54, 1.807) is 0 Å². The van der Waals surface area contributed by atoms with E-state index in [0.717, 1.165) is 6.07 Å². The number of hydrogen-bond donors (Lipinski definition) is 1. The van der Waals surface area contributed by atoms with Crippen LogP contribution in [0.4, 0.5) is 4.39 Å². The molecule has 1 heterocycles. The number of benzene rings is 1. The molecule has 7 heteroatoms. The summed E-state index contributed by atoms with van der Waals surface area (Å²) in [7, 11) is -3.86. The maximum Gasteiger partial charge on any atom is 0.245 e. The third-order valence-corrected chi connectivity index (χ3v) is 5.58. The number of nitrogens with one attached hydrogen (secondary N) is 1. The van der Waals surface area contributed by atoms with Gasteiger partial charge in [-0.25, -0.2) is 12.8 Å². The fourth-order valence-electron chi connectivity index (χ4n) is 2.43. The highest BCUT2D eigenvalue weighted by molar-refractivity contribution is 7.89. The van der Waals surface area contributed by atoms with Crippen molar-refractivity contribution >= 4 is 15.9 Å². The maximum absolute atomic E-state index is 13.7. The SMILES string of the molecule is C#CCNC(=O)C1CCN(S(=O)(=O)c2ccccc2F)CC1. The average Bonchev–Trinajstić information content (AvgIpc) is 2.53. The van der Waals surface area contributed by atoms with Crippen molar-refractivity contribution in [2.24, 2.45) is 5.92 Å². The molecule has 1 N–H and O–H groups in total. The van der Waals surface area contributed by atoms with E-state index in [9.17, 15) is 17.6 Å². The summed E-state index contributed by atoms with van der Waals surface area (Å²) < 4.78 is 39.7. The molecule has 1 fully saturated rings. The van der Waals surface area contributed by atoms with Gasteiger partial charge in [0.2, 0.25) is 15.9 Å². The second-order valence-electron chi connectivity index (χ2n) is 5.03. The Morgan fingerprint density at radius 3 is 2.59 bits per heavy atom. The van der Waals surface area contributed by atoms with Crippen LogP contribution in [0.2, 0.25) is 0 Å². The molecule has 118 valence electrons. The fourth-order valence-corrected chi connectivity index (χ4v) is 3.97. The molecule has 0 aromatic heterocycles. The lowest BCUT2D eigenvalue weighted by Gasteiger charge is -2.30. The number of sulfonamides is 1. The lowest BCUT2D eigenvalue weighted by Crippen LogP contribution is -2.43. The van der Waals surface area contributed by atoms with E-state index >= 15 is 0 Å². The van der Waals surface area contributed by atoms with Crippen molar-refractivity contribution in [2.45, 2.75) is 17.7 Å². The van der Waals surface area contributed by atoms with Crippen LogP contribution in [0.1, 0.15) is 12.8 Å². The van der Waals surface area contributed by atoms with Crippen LogP contribution in [0, 0.1) is 24.1 Å².